The van der Waals surface area contributed by atoms with Crippen molar-refractivity contribution < 1.29 is 14.3 Å². The largest absolute Gasteiger partial charge is 0.495 e. The average Bonchev–Trinajstić information content (AvgIpc) is 3.01. The molecular formula is C20H27ClN6O3. The molecule has 2 aromatic heterocycles. The van der Waals surface area contributed by atoms with Crippen LogP contribution in [0.3, 0.4) is 0 Å². The number of aromatic nitrogens is 3. The Kier molecular flexibility index (Phi) is 6.94. The minimum atomic E-state index is -0.142. The number of nitrogens with zero attached hydrogens (tertiary/aromatic N) is 4. The molecule has 162 valence electrons. The normalized spacial score (nSPS) is 15.2. The molecule has 0 fully saturated rings. The molecule has 3 rings (SSSR count). The van der Waals surface area contributed by atoms with Gasteiger partial charge in [-0.2, -0.15) is 4.98 Å². The van der Waals surface area contributed by atoms with Crippen molar-refractivity contribution in [1.29, 1.82) is 0 Å². The third-order valence-corrected chi connectivity index (χ3v) is 5.52. The number of nitrogens with two attached hydrogens (primary N) is 1. The third kappa shape index (κ3) is 4.57. The summed E-state index contributed by atoms with van der Waals surface area (Å²) >= 11 is 6.41. The summed E-state index contributed by atoms with van der Waals surface area (Å²) in [5, 5.41) is 3.13. The standard InChI is InChI=1S/C20H27ClN6O3/c1-11-14(8-24-12(2)17(11)30-4)10-27-9-13(7-15(28)23-5-6-29-3)16-18(21)25-20(22)26-19(16)27/h8,13H,5-7,9-10H2,1-4H3,(H,23,28)(H2,22,25,26)/t13-/m0/s1. The predicted octanol–water partition coefficient (Wildman–Crippen LogP) is 1.99. The first-order valence-electron chi connectivity index (χ1n) is 9.68. The van der Waals surface area contributed by atoms with E-state index < -0.39 is 0 Å². The number of hydrogen-bond acceptors (Lipinski definition) is 8. The number of amides is 1. The number of aryl methyl sites for hydroxylation is 1. The van der Waals surface area contributed by atoms with Gasteiger partial charge in [-0.25, -0.2) is 4.98 Å². The van der Waals surface area contributed by atoms with E-state index in [9.17, 15) is 4.79 Å². The van der Waals surface area contributed by atoms with Crippen molar-refractivity contribution in [3.05, 3.63) is 33.7 Å². The zero-order valence-corrected chi connectivity index (χ0v) is 18.4. The highest BCUT2D eigenvalue weighted by Gasteiger charge is 2.35. The summed E-state index contributed by atoms with van der Waals surface area (Å²) in [6.45, 7) is 5.94. The van der Waals surface area contributed by atoms with E-state index >= 15 is 0 Å². The van der Waals surface area contributed by atoms with E-state index in [1.165, 1.54) is 0 Å². The summed E-state index contributed by atoms with van der Waals surface area (Å²) in [7, 11) is 3.23. The van der Waals surface area contributed by atoms with Gasteiger partial charge >= 0.3 is 0 Å². The van der Waals surface area contributed by atoms with Crippen molar-refractivity contribution in [3.63, 3.8) is 0 Å². The van der Waals surface area contributed by atoms with Crippen LogP contribution in [0.25, 0.3) is 0 Å². The molecule has 0 aromatic carbocycles. The van der Waals surface area contributed by atoms with Gasteiger partial charge in [0, 0.05) is 50.8 Å². The topological polar surface area (TPSA) is 115 Å². The Balaban J connectivity index is 1.86. The lowest BCUT2D eigenvalue weighted by molar-refractivity contribution is -0.121. The maximum Gasteiger partial charge on any atom is 0.223 e. The molecule has 0 aliphatic carbocycles. The fraction of sp³-hybridized carbons (Fsp3) is 0.500. The zero-order valence-electron chi connectivity index (χ0n) is 17.7. The highest BCUT2D eigenvalue weighted by atomic mass is 35.5. The molecule has 0 bridgehead atoms. The van der Waals surface area contributed by atoms with E-state index in [4.69, 9.17) is 26.8 Å². The second-order valence-electron chi connectivity index (χ2n) is 7.26. The lowest BCUT2D eigenvalue weighted by Gasteiger charge is -2.21. The monoisotopic (exact) mass is 434 g/mol. The second kappa shape index (κ2) is 9.44. The molecule has 30 heavy (non-hydrogen) atoms. The molecule has 1 atom stereocenters. The van der Waals surface area contributed by atoms with Crippen LogP contribution in [0.4, 0.5) is 11.8 Å². The van der Waals surface area contributed by atoms with Gasteiger partial charge in [0.05, 0.1) is 19.4 Å². The van der Waals surface area contributed by atoms with Crippen LogP contribution in [-0.4, -0.2) is 54.8 Å². The number of nitrogens with one attached hydrogen (secondary N) is 1. The molecule has 0 unspecified atom stereocenters. The summed E-state index contributed by atoms with van der Waals surface area (Å²) in [5.41, 5.74) is 9.45. The molecular weight excluding hydrogens is 408 g/mol. The van der Waals surface area contributed by atoms with E-state index in [0.717, 1.165) is 28.1 Å². The smallest absolute Gasteiger partial charge is 0.223 e. The number of methoxy groups -OCH3 is 2. The maximum absolute atomic E-state index is 12.4. The molecule has 1 aliphatic rings. The third-order valence-electron chi connectivity index (χ3n) is 5.24. The van der Waals surface area contributed by atoms with Crippen LogP contribution >= 0.6 is 11.6 Å². The van der Waals surface area contributed by atoms with Crippen LogP contribution in [0.5, 0.6) is 5.75 Å². The summed E-state index contributed by atoms with van der Waals surface area (Å²) in [6, 6.07) is 0. The Morgan fingerprint density at radius 1 is 1.37 bits per heavy atom. The summed E-state index contributed by atoms with van der Waals surface area (Å²) < 4.78 is 10.5. The number of halogens is 1. The van der Waals surface area contributed by atoms with Crippen molar-refractivity contribution in [3.8, 4) is 5.75 Å². The van der Waals surface area contributed by atoms with Crippen LogP contribution in [0, 0.1) is 13.8 Å². The van der Waals surface area contributed by atoms with E-state index in [-0.39, 0.29) is 29.3 Å². The number of ether oxygens (including phenoxy) is 2. The summed E-state index contributed by atoms with van der Waals surface area (Å²) in [5.74, 6) is 1.30. The SMILES string of the molecule is COCCNC(=O)C[C@H]1CN(Cc2cnc(C)c(OC)c2C)c2nc(N)nc(Cl)c21. The summed E-state index contributed by atoms with van der Waals surface area (Å²) in [4.78, 5) is 27.4. The molecule has 1 aliphatic heterocycles. The number of nitrogen functional groups attached to an aromatic ring is 1. The maximum atomic E-state index is 12.4. The van der Waals surface area contributed by atoms with Gasteiger partial charge in [-0.05, 0) is 25.0 Å². The molecule has 1 amide bonds. The van der Waals surface area contributed by atoms with Gasteiger partial charge in [0.15, 0.2) is 0 Å². The minimum absolute atomic E-state index is 0.0763. The van der Waals surface area contributed by atoms with E-state index in [1.54, 1.807) is 14.2 Å². The number of carbonyl (C=O) groups excluding carboxylic acids is 1. The molecule has 3 N–H and O–H groups in total. The number of carbonyl (C=O) groups is 1. The van der Waals surface area contributed by atoms with Gasteiger partial charge in [-0.15, -0.1) is 0 Å². The first-order valence-corrected chi connectivity index (χ1v) is 10.1. The molecule has 10 heteroatoms. The fourth-order valence-electron chi connectivity index (χ4n) is 3.79. The lowest BCUT2D eigenvalue weighted by Crippen LogP contribution is -2.29. The van der Waals surface area contributed by atoms with Gasteiger partial charge in [-0.3, -0.25) is 9.78 Å². The average molecular weight is 435 g/mol. The Labute approximate surface area is 180 Å². The first-order chi connectivity index (χ1) is 14.3. The Bertz CT molecular complexity index is 939. The number of anilines is 2. The van der Waals surface area contributed by atoms with Crippen LogP contribution in [0.1, 0.15) is 34.7 Å². The highest BCUT2D eigenvalue weighted by molar-refractivity contribution is 6.30. The van der Waals surface area contributed by atoms with Gasteiger partial charge in [-0.1, -0.05) is 11.6 Å². The summed E-state index contributed by atoms with van der Waals surface area (Å²) in [6.07, 6.45) is 2.11. The molecule has 3 heterocycles. The van der Waals surface area contributed by atoms with Gasteiger partial charge < -0.3 is 25.4 Å². The van der Waals surface area contributed by atoms with Crippen molar-refractivity contribution >= 4 is 29.3 Å². The quantitative estimate of drug-likeness (QED) is 0.478. The predicted molar refractivity (Wildman–Crippen MR) is 115 cm³/mol. The molecule has 2 aromatic rings. The number of hydrogen-bond donors (Lipinski definition) is 2. The van der Waals surface area contributed by atoms with Crippen LogP contribution in [0.2, 0.25) is 5.15 Å². The minimum Gasteiger partial charge on any atom is -0.495 e. The molecule has 9 nitrogen and oxygen atoms in total. The van der Waals surface area contributed by atoms with Gasteiger partial charge in [0.25, 0.3) is 0 Å². The fourth-order valence-corrected chi connectivity index (χ4v) is 4.12. The molecule has 0 radical (unpaired) electrons. The lowest BCUT2D eigenvalue weighted by atomic mass is 10.00. The second-order valence-corrected chi connectivity index (χ2v) is 7.62. The number of fused-ring (bicyclic) bond motifs is 1. The molecule has 0 saturated carbocycles. The van der Waals surface area contributed by atoms with Crippen LogP contribution < -0.4 is 20.7 Å². The highest BCUT2D eigenvalue weighted by Crippen LogP contribution is 2.42. The molecule has 0 spiro atoms. The number of pyridine rings is 1. The van der Waals surface area contributed by atoms with E-state index in [2.05, 4.69) is 25.2 Å². The van der Waals surface area contributed by atoms with Crippen molar-refractivity contribution in [1.82, 2.24) is 20.3 Å². The van der Waals surface area contributed by atoms with Crippen molar-refractivity contribution in [2.75, 3.05) is 44.5 Å². The van der Waals surface area contributed by atoms with Crippen molar-refractivity contribution in [2.45, 2.75) is 32.7 Å². The zero-order chi connectivity index (χ0) is 21.8. The van der Waals surface area contributed by atoms with E-state index in [1.807, 2.05) is 20.0 Å². The number of rotatable bonds is 8. The van der Waals surface area contributed by atoms with Gasteiger partial charge in [0.1, 0.15) is 16.7 Å². The van der Waals surface area contributed by atoms with Crippen LogP contribution in [-0.2, 0) is 16.1 Å². The Morgan fingerprint density at radius 3 is 2.83 bits per heavy atom. The van der Waals surface area contributed by atoms with Crippen LogP contribution in [0.15, 0.2) is 6.20 Å². The van der Waals surface area contributed by atoms with E-state index in [0.29, 0.717) is 32.1 Å². The first kappa shape index (κ1) is 22.0. The van der Waals surface area contributed by atoms with Gasteiger partial charge in [0.2, 0.25) is 11.9 Å². The Morgan fingerprint density at radius 2 is 2.13 bits per heavy atom. The molecule has 0 saturated heterocycles. The van der Waals surface area contributed by atoms with Crippen molar-refractivity contribution in [2.24, 2.45) is 0 Å². The Hall–Kier alpha value is -2.65.